The molecule has 0 saturated carbocycles. The highest BCUT2D eigenvalue weighted by Crippen LogP contribution is 2.22. The SMILES string of the molecule is CN=C(NCC(C)(C)SC)N1CCC(CC(=O)NC)CC1. The van der Waals surface area contributed by atoms with Gasteiger partial charge in [0.15, 0.2) is 5.96 Å². The summed E-state index contributed by atoms with van der Waals surface area (Å²) < 4.78 is 0.202. The molecular formula is C15H30N4OS. The molecule has 5 nitrogen and oxygen atoms in total. The number of likely N-dealkylation sites (tertiary alicyclic amines) is 1. The van der Waals surface area contributed by atoms with Crippen molar-refractivity contribution in [1.82, 2.24) is 15.5 Å². The molecule has 122 valence electrons. The first-order valence-electron chi connectivity index (χ1n) is 7.63. The number of amides is 1. The quantitative estimate of drug-likeness (QED) is 0.597. The average molecular weight is 314 g/mol. The molecule has 0 aromatic carbocycles. The molecule has 1 amide bonds. The third-order valence-corrected chi connectivity index (χ3v) is 5.35. The van der Waals surface area contributed by atoms with Crippen LogP contribution in [0.3, 0.4) is 0 Å². The Morgan fingerprint density at radius 2 is 2.00 bits per heavy atom. The Hall–Kier alpha value is -0.910. The zero-order valence-electron chi connectivity index (χ0n) is 14.0. The second-order valence-electron chi connectivity index (χ2n) is 6.17. The number of piperidine rings is 1. The molecule has 0 aromatic heterocycles. The molecule has 6 heteroatoms. The van der Waals surface area contributed by atoms with Crippen molar-refractivity contribution in [2.24, 2.45) is 10.9 Å². The molecule has 0 bridgehead atoms. The number of nitrogens with zero attached hydrogens (tertiary/aromatic N) is 2. The first-order valence-corrected chi connectivity index (χ1v) is 8.85. The molecule has 1 heterocycles. The highest BCUT2D eigenvalue weighted by atomic mass is 32.2. The summed E-state index contributed by atoms with van der Waals surface area (Å²) in [5.41, 5.74) is 0. The highest BCUT2D eigenvalue weighted by molar-refractivity contribution is 7.99. The Bertz CT molecular complexity index is 363. The summed E-state index contributed by atoms with van der Waals surface area (Å²) >= 11 is 1.86. The van der Waals surface area contributed by atoms with Crippen LogP contribution in [0.4, 0.5) is 0 Å². The summed E-state index contributed by atoms with van der Waals surface area (Å²) in [6, 6.07) is 0. The van der Waals surface area contributed by atoms with Crippen LogP contribution in [0.5, 0.6) is 0 Å². The van der Waals surface area contributed by atoms with Gasteiger partial charge in [0.1, 0.15) is 0 Å². The van der Waals surface area contributed by atoms with E-state index in [0.717, 1.165) is 38.4 Å². The lowest BCUT2D eigenvalue weighted by Crippen LogP contribution is -2.48. The Morgan fingerprint density at radius 3 is 2.48 bits per heavy atom. The van der Waals surface area contributed by atoms with Crippen molar-refractivity contribution in [1.29, 1.82) is 0 Å². The van der Waals surface area contributed by atoms with E-state index < -0.39 is 0 Å². The van der Waals surface area contributed by atoms with Crippen LogP contribution in [0.2, 0.25) is 0 Å². The van der Waals surface area contributed by atoms with Crippen LogP contribution in [-0.2, 0) is 4.79 Å². The monoisotopic (exact) mass is 314 g/mol. The number of rotatable bonds is 5. The maximum atomic E-state index is 11.4. The van der Waals surface area contributed by atoms with Crippen molar-refractivity contribution in [2.75, 3.05) is 40.0 Å². The fourth-order valence-corrected chi connectivity index (χ4v) is 2.63. The maximum absolute atomic E-state index is 11.4. The predicted molar refractivity (Wildman–Crippen MR) is 91.9 cm³/mol. The van der Waals surface area contributed by atoms with Gasteiger partial charge in [0.05, 0.1) is 0 Å². The van der Waals surface area contributed by atoms with Gasteiger partial charge in [-0.05, 0) is 38.9 Å². The van der Waals surface area contributed by atoms with E-state index in [2.05, 4.69) is 40.6 Å². The molecule has 2 N–H and O–H groups in total. The number of nitrogens with one attached hydrogen (secondary N) is 2. The lowest BCUT2D eigenvalue weighted by atomic mass is 9.93. The molecule has 0 aromatic rings. The summed E-state index contributed by atoms with van der Waals surface area (Å²) in [5, 5.41) is 6.18. The lowest BCUT2D eigenvalue weighted by Gasteiger charge is -2.35. The summed E-state index contributed by atoms with van der Waals surface area (Å²) in [5.74, 6) is 1.63. The molecule has 1 aliphatic heterocycles. The van der Waals surface area contributed by atoms with Gasteiger partial charge in [-0.15, -0.1) is 0 Å². The molecule has 21 heavy (non-hydrogen) atoms. The van der Waals surface area contributed by atoms with E-state index in [-0.39, 0.29) is 10.7 Å². The summed E-state index contributed by atoms with van der Waals surface area (Å²) in [6.07, 6.45) is 4.89. The smallest absolute Gasteiger partial charge is 0.220 e. The van der Waals surface area contributed by atoms with Gasteiger partial charge in [-0.1, -0.05) is 0 Å². The van der Waals surface area contributed by atoms with Crippen molar-refractivity contribution < 1.29 is 4.79 Å². The summed E-state index contributed by atoms with van der Waals surface area (Å²) in [7, 11) is 3.54. The van der Waals surface area contributed by atoms with E-state index in [1.165, 1.54) is 0 Å². The van der Waals surface area contributed by atoms with Gasteiger partial charge in [-0.2, -0.15) is 11.8 Å². The first-order chi connectivity index (χ1) is 9.91. The predicted octanol–water partition coefficient (Wildman–Crippen LogP) is 1.55. The third kappa shape index (κ3) is 6.16. The Balaban J connectivity index is 2.42. The highest BCUT2D eigenvalue weighted by Gasteiger charge is 2.24. The number of hydrogen-bond acceptors (Lipinski definition) is 3. The van der Waals surface area contributed by atoms with Crippen LogP contribution in [0.1, 0.15) is 33.1 Å². The van der Waals surface area contributed by atoms with Crippen LogP contribution in [0.25, 0.3) is 0 Å². The molecular weight excluding hydrogens is 284 g/mol. The van der Waals surface area contributed by atoms with Gasteiger partial charge in [0.25, 0.3) is 0 Å². The minimum absolute atomic E-state index is 0.151. The van der Waals surface area contributed by atoms with Gasteiger partial charge in [-0.25, -0.2) is 0 Å². The van der Waals surface area contributed by atoms with Crippen molar-refractivity contribution in [3.05, 3.63) is 0 Å². The van der Waals surface area contributed by atoms with Crippen molar-refractivity contribution in [2.45, 2.75) is 37.9 Å². The number of carbonyl (C=O) groups excluding carboxylic acids is 1. The number of aliphatic imine (C=N–C) groups is 1. The average Bonchev–Trinajstić information content (AvgIpc) is 2.49. The summed E-state index contributed by atoms with van der Waals surface area (Å²) in [4.78, 5) is 18.1. The number of carbonyl (C=O) groups is 1. The minimum Gasteiger partial charge on any atom is -0.359 e. The van der Waals surface area contributed by atoms with Crippen LogP contribution in [0.15, 0.2) is 4.99 Å². The molecule has 1 saturated heterocycles. The van der Waals surface area contributed by atoms with Gasteiger partial charge < -0.3 is 15.5 Å². The van der Waals surface area contributed by atoms with Crippen LogP contribution in [0, 0.1) is 5.92 Å². The topological polar surface area (TPSA) is 56.7 Å². The Kier molecular flexibility index (Phi) is 7.35. The first kappa shape index (κ1) is 18.1. The van der Waals surface area contributed by atoms with Gasteiger partial charge >= 0.3 is 0 Å². The largest absolute Gasteiger partial charge is 0.359 e. The number of thioether (sulfide) groups is 1. The Morgan fingerprint density at radius 1 is 1.38 bits per heavy atom. The van der Waals surface area contributed by atoms with E-state index in [1.807, 2.05) is 18.8 Å². The molecule has 1 rings (SSSR count). The molecule has 0 atom stereocenters. The van der Waals surface area contributed by atoms with E-state index in [9.17, 15) is 4.79 Å². The Labute approximate surface area is 133 Å². The normalized spacial score (nSPS) is 17.8. The van der Waals surface area contributed by atoms with E-state index in [1.54, 1.807) is 7.05 Å². The maximum Gasteiger partial charge on any atom is 0.220 e. The lowest BCUT2D eigenvalue weighted by molar-refractivity contribution is -0.121. The summed E-state index contributed by atoms with van der Waals surface area (Å²) in [6.45, 7) is 7.31. The van der Waals surface area contributed by atoms with Gasteiger partial charge in [0.2, 0.25) is 5.91 Å². The molecule has 0 unspecified atom stereocenters. The van der Waals surface area contributed by atoms with Crippen molar-refractivity contribution >= 4 is 23.6 Å². The second-order valence-corrected chi connectivity index (χ2v) is 7.69. The second kappa shape index (κ2) is 8.51. The van der Waals surface area contributed by atoms with E-state index in [4.69, 9.17) is 0 Å². The van der Waals surface area contributed by atoms with E-state index in [0.29, 0.717) is 12.3 Å². The minimum atomic E-state index is 0.151. The molecule has 0 aliphatic carbocycles. The molecule has 0 spiro atoms. The fraction of sp³-hybridized carbons (Fsp3) is 0.867. The van der Waals surface area contributed by atoms with Gasteiger partial charge in [-0.3, -0.25) is 9.79 Å². The van der Waals surface area contributed by atoms with Crippen molar-refractivity contribution in [3.8, 4) is 0 Å². The zero-order valence-corrected chi connectivity index (χ0v) is 14.8. The van der Waals surface area contributed by atoms with Crippen LogP contribution >= 0.6 is 11.8 Å². The van der Waals surface area contributed by atoms with Crippen LogP contribution in [-0.4, -0.2) is 61.5 Å². The zero-order chi connectivity index (χ0) is 15.9. The number of guanidine groups is 1. The molecule has 1 fully saturated rings. The fourth-order valence-electron chi connectivity index (χ4n) is 2.41. The van der Waals surface area contributed by atoms with Crippen molar-refractivity contribution in [3.63, 3.8) is 0 Å². The number of hydrogen-bond donors (Lipinski definition) is 2. The standard InChI is InChI=1S/C15H30N4OS/c1-15(2,21-5)11-18-14(17-4)19-8-6-12(7-9-19)10-13(20)16-3/h12H,6-11H2,1-5H3,(H,16,20)(H,17,18). The molecule has 0 radical (unpaired) electrons. The van der Waals surface area contributed by atoms with E-state index >= 15 is 0 Å². The van der Waals surface area contributed by atoms with Crippen LogP contribution < -0.4 is 10.6 Å². The molecule has 1 aliphatic rings. The third-order valence-electron chi connectivity index (χ3n) is 4.10. The van der Waals surface area contributed by atoms with Gasteiger partial charge in [0, 0.05) is 44.9 Å².